The normalized spacial score (nSPS) is 10.3. The average molecular weight is 377 g/mol. The molecule has 3 aromatic rings. The van der Waals surface area contributed by atoms with Gasteiger partial charge in [-0.25, -0.2) is 0 Å². The molecule has 0 radical (unpaired) electrons. The summed E-state index contributed by atoms with van der Waals surface area (Å²) >= 11 is 0. The van der Waals surface area contributed by atoms with E-state index in [1.165, 1.54) is 0 Å². The van der Waals surface area contributed by atoms with Gasteiger partial charge in [-0.3, -0.25) is 9.78 Å². The molecule has 8 heteroatoms. The zero-order chi connectivity index (χ0) is 19.8. The molecule has 0 aliphatic heterocycles. The highest BCUT2D eigenvalue weighted by Gasteiger charge is 2.18. The van der Waals surface area contributed by atoms with E-state index in [1.54, 1.807) is 30.5 Å². The summed E-state index contributed by atoms with van der Waals surface area (Å²) in [6.45, 7) is 0.694. The number of methoxy groups -OCH3 is 1. The number of carbonyl (C=O) groups is 1. The minimum absolute atomic E-state index is 0.0147. The van der Waals surface area contributed by atoms with E-state index in [0.717, 1.165) is 5.56 Å². The summed E-state index contributed by atoms with van der Waals surface area (Å²) in [5.74, 6) is 1.10. The van der Waals surface area contributed by atoms with Crippen molar-refractivity contribution in [3.63, 3.8) is 0 Å². The number of pyridine rings is 1. The Morgan fingerprint density at radius 3 is 2.96 bits per heavy atom. The molecular weight excluding hydrogens is 358 g/mol. The number of carbonyl (C=O) groups excluding carboxylic acids is 1. The number of benzene rings is 1. The van der Waals surface area contributed by atoms with Crippen LogP contribution in [0.2, 0.25) is 0 Å². The number of nitrogens with zero attached hydrogens (tertiary/aromatic N) is 5. The van der Waals surface area contributed by atoms with Crippen LogP contribution >= 0.6 is 0 Å². The molecule has 3 rings (SSSR count). The Labute approximate surface area is 162 Å². The topological polar surface area (TPSA) is 105 Å². The molecule has 1 aromatic carbocycles. The van der Waals surface area contributed by atoms with E-state index < -0.39 is 0 Å². The second kappa shape index (κ2) is 9.28. The van der Waals surface area contributed by atoms with Gasteiger partial charge in [0.2, 0.25) is 5.91 Å². The number of aromatic nitrogens is 3. The monoisotopic (exact) mass is 377 g/mol. The van der Waals surface area contributed by atoms with E-state index in [4.69, 9.17) is 14.5 Å². The molecule has 28 heavy (non-hydrogen) atoms. The lowest BCUT2D eigenvalue weighted by Crippen LogP contribution is -2.33. The van der Waals surface area contributed by atoms with Crippen LogP contribution in [-0.4, -0.2) is 39.6 Å². The molecule has 0 bridgehead atoms. The third-order valence-corrected chi connectivity index (χ3v) is 4.04. The second-order valence-electron chi connectivity index (χ2n) is 6.01. The van der Waals surface area contributed by atoms with Crippen molar-refractivity contribution in [1.82, 2.24) is 20.0 Å². The Hall–Kier alpha value is -3.73. The molecule has 8 nitrogen and oxygen atoms in total. The van der Waals surface area contributed by atoms with Crippen molar-refractivity contribution in [1.29, 1.82) is 5.26 Å². The van der Waals surface area contributed by atoms with Crippen LogP contribution in [0.4, 0.5) is 0 Å². The summed E-state index contributed by atoms with van der Waals surface area (Å²) in [4.78, 5) is 22.7. The molecule has 0 aliphatic rings. The van der Waals surface area contributed by atoms with Crippen LogP contribution in [0.25, 0.3) is 11.5 Å². The van der Waals surface area contributed by atoms with E-state index >= 15 is 0 Å². The fourth-order valence-electron chi connectivity index (χ4n) is 2.64. The Morgan fingerprint density at radius 1 is 1.32 bits per heavy atom. The minimum atomic E-state index is -0.183. The molecule has 0 unspecified atom stereocenters. The maximum absolute atomic E-state index is 12.7. The highest BCUT2D eigenvalue weighted by molar-refractivity contribution is 5.78. The Balaban J connectivity index is 1.71. The van der Waals surface area contributed by atoms with E-state index in [9.17, 15) is 4.79 Å². The van der Waals surface area contributed by atoms with Crippen LogP contribution in [0.1, 0.15) is 17.8 Å². The fourth-order valence-corrected chi connectivity index (χ4v) is 2.64. The van der Waals surface area contributed by atoms with Gasteiger partial charge in [0.1, 0.15) is 5.75 Å². The van der Waals surface area contributed by atoms with Crippen LogP contribution in [0.5, 0.6) is 5.75 Å². The Kier molecular flexibility index (Phi) is 6.31. The number of amides is 1. The zero-order valence-electron chi connectivity index (χ0n) is 15.4. The molecule has 0 aliphatic carbocycles. The van der Waals surface area contributed by atoms with Gasteiger partial charge >= 0.3 is 0 Å². The first kappa shape index (κ1) is 19.0. The third-order valence-electron chi connectivity index (χ3n) is 4.04. The predicted molar refractivity (Wildman–Crippen MR) is 99.9 cm³/mol. The summed E-state index contributed by atoms with van der Waals surface area (Å²) in [6.07, 6.45) is 3.60. The lowest BCUT2D eigenvalue weighted by molar-refractivity contribution is -0.131. The quantitative estimate of drug-likeness (QED) is 0.594. The number of hydrogen-bond donors (Lipinski definition) is 0. The molecule has 0 saturated heterocycles. The summed E-state index contributed by atoms with van der Waals surface area (Å²) < 4.78 is 10.5. The predicted octanol–water partition coefficient (Wildman–Crippen LogP) is 2.63. The average Bonchev–Trinajstić information content (AvgIpc) is 3.20. The van der Waals surface area contributed by atoms with E-state index in [1.807, 2.05) is 30.3 Å². The zero-order valence-corrected chi connectivity index (χ0v) is 15.4. The van der Waals surface area contributed by atoms with Crippen molar-refractivity contribution in [2.45, 2.75) is 19.4 Å². The molecule has 2 aromatic heterocycles. The van der Waals surface area contributed by atoms with Crippen molar-refractivity contribution in [3.8, 4) is 23.3 Å². The van der Waals surface area contributed by atoms with Crippen molar-refractivity contribution >= 4 is 5.91 Å². The maximum Gasteiger partial charge on any atom is 0.258 e. The largest absolute Gasteiger partial charge is 0.497 e. The van der Waals surface area contributed by atoms with Gasteiger partial charge in [0.15, 0.2) is 5.82 Å². The minimum Gasteiger partial charge on any atom is -0.497 e. The SMILES string of the molecule is COc1cccc(-c2nc(CC(=O)N(CCC#N)Cc3cccnc3)no2)c1. The second-order valence-corrected chi connectivity index (χ2v) is 6.01. The van der Waals surface area contributed by atoms with Gasteiger partial charge in [0, 0.05) is 31.0 Å². The number of hydrogen-bond acceptors (Lipinski definition) is 7. The number of nitriles is 1. The van der Waals surface area contributed by atoms with Gasteiger partial charge in [-0.2, -0.15) is 10.2 Å². The van der Waals surface area contributed by atoms with Gasteiger partial charge in [-0.1, -0.05) is 17.3 Å². The van der Waals surface area contributed by atoms with Crippen LogP contribution in [0.3, 0.4) is 0 Å². The third kappa shape index (κ3) is 4.92. The summed E-state index contributed by atoms with van der Waals surface area (Å²) in [7, 11) is 1.58. The Bertz CT molecular complexity index is 965. The van der Waals surface area contributed by atoms with E-state index in [2.05, 4.69) is 21.2 Å². The standard InChI is InChI=1S/C20H19N5O3/c1-27-17-7-2-6-16(11-17)20-23-18(24-28-20)12-19(26)25(10-4-8-21)14-15-5-3-9-22-13-15/h2-3,5-7,9,11,13H,4,10,12,14H2,1H3. The molecule has 0 saturated carbocycles. The number of ether oxygens (including phenoxy) is 1. The van der Waals surface area contributed by atoms with Crippen molar-refractivity contribution in [2.75, 3.05) is 13.7 Å². The van der Waals surface area contributed by atoms with Crippen LogP contribution in [0, 0.1) is 11.3 Å². The smallest absolute Gasteiger partial charge is 0.258 e. The first-order valence-corrected chi connectivity index (χ1v) is 8.70. The molecule has 0 atom stereocenters. The van der Waals surface area contributed by atoms with E-state index in [0.29, 0.717) is 30.3 Å². The van der Waals surface area contributed by atoms with Gasteiger partial charge < -0.3 is 14.2 Å². The Morgan fingerprint density at radius 2 is 2.21 bits per heavy atom. The molecule has 0 spiro atoms. The molecule has 142 valence electrons. The molecule has 0 N–H and O–H groups in total. The first-order valence-electron chi connectivity index (χ1n) is 8.70. The summed E-state index contributed by atoms with van der Waals surface area (Å²) in [5.41, 5.74) is 1.60. The molecule has 2 heterocycles. The van der Waals surface area contributed by atoms with Gasteiger partial charge in [-0.15, -0.1) is 0 Å². The fraction of sp³-hybridized carbons (Fsp3) is 0.250. The van der Waals surface area contributed by atoms with Crippen molar-refractivity contribution in [3.05, 3.63) is 60.2 Å². The van der Waals surface area contributed by atoms with Crippen LogP contribution in [-0.2, 0) is 17.8 Å². The van der Waals surface area contributed by atoms with Gasteiger partial charge in [0.05, 0.1) is 26.0 Å². The first-order chi connectivity index (χ1) is 13.7. The number of rotatable bonds is 8. The highest BCUT2D eigenvalue weighted by Crippen LogP contribution is 2.22. The summed E-state index contributed by atoms with van der Waals surface area (Å²) in [6, 6.07) is 13.0. The lowest BCUT2D eigenvalue weighted by atomic mass is 10.2. The highest BCUT2D eigenvalue weighted by atomic mass is 16.5. The van der Waals surface area contributed by atoms with Crippen molar-refractivity contribution in [2.24, 2.45) is 0 Å². The molecule has 1 amide bonds. The maximum atomic E-state index is 12.7. The van der Waals surface area contributed by atoms with Crippen LogP contribution in [0.15, 0.2) is 53.3 Å². The van der Waals surface area contributed by atoms with E-state index in [-0.39, 0.29) is 24.6 Å². The lowest BCUT2D eigenvalue weighted by Gasteiger charge is -2.21. The molecular formula is C20H19N5O3. The van der Waals surface area contributed by atoms with Crippen LogP contribution < -0.4 is 4.74 Å². The summed E-state index contributed by atoms with van der Waals surface area (Å²) in [5, 5.41) is 12.8. The van der Waals surface area contributed by atoms with Gasteiger partial charge in [-0.05, 0) is 29.8 Å². The molecule has 0 fully saturated rings. The van der Waals surface area contributed by atoms with Gasteiger partial charge in [0.25, 0.3) is 5.89 Å². The van der Waals surface area contributed by atoms with Crippen molar-refractivity contribution < 1.29 is 14.1 Å².